The Morgan fingerprint density at radius 3 is 2.44 bits per heavy atom. The van der Waals surface area contributed by atoms with Gasteiger partial charge in [-0.25, -0.2) is 4.98 Å². The SMILES string of the molecule is CNC(=O)C1CCN(C(=O)CCc2c(C)nc3c(c(C)nn3C)c2C)CC1. The van der Waals surface area contributed by atoms with E-state index in [0.29, 0.717) is 25.9 Å². The summed E-state index contributed by atoms with van der Waals surface area (Å²) in [6.07, 6.45) is 2.64. The standard InChI is InChI=1S/C20H29N5O2/c1-12-16(13(2)22-19-18(12)14(3)23-24(19)5)6-7-17(26)25-10-8-15(9-11-25)20(27)21-4/h15H,6-11H2,1-5H3,(H,21,27). The van der Waals surface area contributed by atoms with Crippen LogP contribution in [0.4, 0.5) is 0 Å². The molecule has 1 saturated heterocycles. The first kappa shape index (κ1) is 19.3. The van der Waals surface area contributed by atoms with Crippen molar-refractivity contribution in [2.24, 2.45) is 13.0 Å². The van der Waals surface area contributed by atoms with Crippen molar-refractivity contribution in [2.75, 3.05) is 20.1 Å². The van der Waals surface area contributed by atoms with Crippen molar-refractivity contribution < 1.29 is 9.59 Å². The molecule has 0 aromatic carbocycles. The van der Waals surface area contributed by atoms with Gasteiger partial charge in [0.25, 0.3) is 0 Å². The monoisotopic (exact) mass is 371 g/mol. The van der Waals surface area contributed by atoms with Gasteiger partial charge in [0.15, 0.2) is 5.65 Å². The van der Waals surface area contributed by atoms with Gasteiger partial charge in [-0.05, 0) is 51.2 Å². The normalized spacial score (nSPS) is 15.4. The molecule has 1 aliphatic rings. The van der Waals surface area contributed by atoms with Crippen molar-refractivity contribution in [3.63, 3.8) is 0 Å². The number of nitrogens with one attached hydrogen (secondary N) is 1. The number of hydrogen-bond acceptors (Lipinski definition) is 4. The molecule has 3 heterocycles. The summed E-state index contributed by atoms with van der Waals surface area (Å²) < 4.78 is 1.82. The van der Waals surface area contributed by atoms with Crippen LogP contribution in [0.2, 0.25) is 0 Å². The second-order valence-corrected chi connectivity index (χ2v) is 7.48. The zero-order valence-corrected chi connectivity index (χ0v) is 16.9. The molecular weight excluding hydrogens is 342 g/mol. The fourth-order valence-electron chi connectivity index (χ4n) is 4.22. The predicted molar refractivity (Wildman–Crippen MR) is 104 cm³/mol. The second kappa shape index (κ2) is 7.66. The molecule has 1 fully saturated rings. The van der Waals surface area contributed by atoms with Crippen LogP contribution in [0.15, 0.2) is 0 Å². The van der Waals surface area contributed by atoms with Gasteiger partial charge in [-0.3, -0.25) is 14.3 Å². The van der Waals surface area contributed by atoms with Crippen molar-refractivity contribution in [3.05, 3.63) is 22.5 Å². The van der Waals surface area contributed by atoms with E-state index in [1.807, 2.05) is 30.5 Å². The van der Waals surface area contributed by atoms with Crippen LogP contribution in [-0.4, -0.2) is 51.6 Å². The van der Waals surface area contributed by atoms with E-state index in [4.69, 9.17) is 4.98 Å². The fraction of sp³-hybridized carbons (Fsp3) is 0.600. The summed E-state index contributed by atoms with van der Waals surface area (Å²) in [7, 11) is 3.58. The van der Waals surface area contributed by atoms with E-state index in [1.54, 1.807) is 7.05 Å². The summed E-state index contributed by atoms with van der Waals surface area (Å²) >= 11 is 0. The summed E-state index contributed by atoms with van der Waals surface area (Å²) in [4.78, 5) is 31.0. The molecule has 27 heavy (non-hydrogen) atoms. The molecule has 1 N–H and O–H groups in total. The third kappa shape index (κ3) is 3.68. The number of carbonyl (C=O) groups is 2. The Morgan fingerprint density at radius 2 is 1.81 bits per heavy atom. The number of piperidine rings is 1. The maximum absolute atomic E-state index is 12.7. The first-order valence-corrected chi connectivity index (χ1v) is 9.62. The van der Waals surface area contributed by atoms with Gasteiger partial charge in [-0.15, -0.1) is 0 Å². The van der Waals surface area contributed by atoms with Gasteiger partial charge in [0.1, 0.15) is 0 Å². The van der Waals surface area contributed by atoms with Crippen LogP contribution in [-0.2, 0) is 23.1 Å². The van der Waals surface area contributed by atoms with Gasteiger partial charge in [-0.2, -0.15) is 5.10 Å². The third-order valence-electron chi connectivity index (χ3n) is 5.78. The molecule has 7 nitrogen and oxygen atoms in total. The topological polar surface area (TPSA) is 80.1 Å². The number of carbonyl (C=O) groups excluding carboxylic acids is 2. The van der Waals surface area contributed by atoms with Crippen molar-refractivity contribution in [2.45, 2.75) is 46.5 Å². The Labute approximate surface area is 160 Å². The first-order chi connectivity index (χ1) is 12.8. The Morgan fingerprint density at radius 1 is 1.15 bits per heavy atom. The van der Waals surface area contributed by atoms with Crippen molar-refractivity contribution in [1.29, 1.82) is 0 Å². The van der Waals surface area contributed by atoms with Gasteiger partial charge in [0, 0.05) is 50.6 Å². The number of pyridine rings is 1. The molecule has 0 unspecified atom stereocenters. The molecule has 2 aromatic heterocycles. The molecule has 146 valence electrons. The van der Waals surface area contributed by atoms with Crippen LogP contribution < -0.4 is 5.32 Å². The number of aromatic nitrogens is 3. The lowest BCUT2D eigenvalue weighted by Gasteiger charge is -2.31. The molecule has 2 aromatic rings. The lowest BCUT2D eigenvalue weighted by atomic mass is 9.95. The zero-order chi connectivity index (χ0) is 19.7. The first-order valence-electron chi connectivity index (χ1n) is 9.62. The van der Waals surface area contributed by atoms with Crippen molar-refractivity contribution >= 4 is 22.8 Å². The second-order valence-electron chi connectivity index (χ2n) is 7.48. The number of fused-ring (bicyclic) bond motifs is 1. The van der Waals surface area contributed by atoms with E-state index in [0.717, 1.165) is 40.8 Å². The smallest absolute Gasteiger partial charge is 0.222 e. The maximum atomic E-state index is 12.7. The Hall–Kier alpha value is -2.44. The van der Waals surface area contributed by atoms with E-state index in [1.165, 1.54) is 5.56 Å². The number of hydrogen-bond donors (Lipinski definition) is 1. The zero-order valence-electron chi connectivity index (χ0n) is 16.9. The molecule has 2 amide bonds. The molecule has 3 rings (SSSR count). The molecule has 0 bridgehead atoms. The van der Waals surface area contributed by atoms with Gasteiger partial charge in [0.05, 0.1) is 5.69 Å². The highest BCUT2D eigenvalue weighted by Gasteiger charge is 2.26. The Bertz CT molecular complexity index is 878. The van der Waals surface area contributed by atoms with E-state index in [9.17, 15) is 9.59 Å². The minimum atomic E-state index is 0.0312. The minimum Gasteiger partial charge on any atom is -0.359 e. The van der Waals surface area contributed by atoms with Crippen LogP contribution in [0, 0.1) is 26.7 Å². The summed E-state index contributed by atoms with van der Waals surface area (Å²) in [6, 6.07) is 0. The maximum Gasteiger partial charge on any atom is 0.222 e. The van der Waals surface area contributed by atoms with E-state index >= 15 is 0 Å². The van der Waals surface area contributed by atoms with Crippen LogP contribution >= 0.6 is 0 Å². The number of aryl methyl sites for hydroxylation is 4. The highest BCUT2D eigenvalue weighted by molar-refractivity contribution is 5.84. The van der Waals surface area contributed by atoms with E-state index < -0.39 is 0 Å². The van der Waals surface area contributed by atoms with Gasteiger partial charge in [0.2, 0.25) is 11.8 Å². The highest BCUT2D eigenvalue weighted by atomic mass is 16.2. The molecule has 0 radical (unpaired) electrons. The molecular formula is C20H29N5O2. The van der Waals surface area contributed by atoms with Crippen LogP contribution in [0.3, 0.4) is 0 Å². The van der Waals surface area contributed by atoms with Gasteiger partial charge < -0.3 is 10.2 Å². The summed E-state index contributed by atoms with van der Waals surface area (Å²) in [5, 5.41) is 8.27. The van der Waals surface area contributed by atoms with E-state index in [-0.39, 0.29) is 17.7 Å². The lowest BCUT2D eigenvalue weighted by Crippen LogP contribution is -2.42. The van der Waals surface area contributed by atoms with Gasteiger partial charge >= 0.3 is 0 Å². The molecule has 7 heteroatoms. The van der Waals surface area contributed by atoms with E-state index in [2.05, 4.69) is 17.3 Å². The summed E-state index contributed by atoms with van der Waals surface area (Å²) in [5.41, 5.74) is 5.16. The largest absolute Gasteiger partial charge is 0.359 e. The third-order valence-corrected chi connectivity index (χ3v) is 5.78. The molecule has 0 spiro atoms. The van der Waals surface area contributed by atoms with Crippen LogP contribution in [0.25, 0.3) is 11.0 Å². The Kier molecular flexibility index (Phi) is 5.48. The number of nitrogens with zero attached hydrogens (tertiary/aromatic N) is 4. The lowest BCUT2D eigenvalue weighted by molar-refractivity contribution is -0.135. The number of likely N-dealkylation sites (tertiary alicyclic amines) is 1. The average Bonchev–Trinajstić information content (AvgIpc) is 2.94. The number of amides is 2. The van der Waals surface area contributed by atoms with Crippen LogP contribution in [0.1, 0.15) is 41.8 Å². The Balaban J connectivity index is 1.68. The molecule has 0 saturated carbocycles. The fourth-order valence-corrected chi connectivity index (χ4v) is 4.22. The molecule has 0 atom stereocenters. The highest BCUT2D eigenvalue weighted by Crippen LogP contribution is 2.26. The summed E-state index contributed by atoms with van der Waals surface area (Å²) in [5.74, 6) is 0.274. The van der Waals surface area contributed by atoms with Gasteiger partial charge in [-0.1, -0.05) is 0 Å². The summed E-state index contributed by atoms with van der Waals surface area (Å²) in [6.45, 7) is 7.42. The van der Waals surface area contributed by atoms with Crippen molar-refractivity contribution in [3.8, 4) is 0 Å². The molecule has 0 aliphatic carbocycles. The molecule has 1 aliphatic heterocycles. The predicted octanol–water partition coefficient (Wildman–Crippen LogP) is 1.81. The number of rotatable bonds is 4. The average molecular weight is 371 g/mol. The minimum absolute atomic E-state index is 0.0312. The van der Waals surface area contributed by atoms with Crippen LogP contribution in [0.5, 0.6) is 0 Å². The van der Waals surface area contributed by atoms with Crippen molar-refractivity contribution in [1.82, 2.24) is 25.0 Å². The quantitative estimate of drug-likeness (QED) is 0.889.